The van der Waals surface area contributed by atoms with Crippen LogP contribution in [-0.4, -0.2) is 47.5 Å². The van der Waals surface area contributed by atoms with Crippen LogP contribution in [0.5, 0.6) is 11.5 Å². The van der Waals surface area contributed by atoms with E-state index < -0.39 is 0 Å². The molecular weight excluding hydrogens is 430 g/mol. The van der Waals surface area contributed by atoms with E-state index in [1.807, 2.05) is 17.4 Å². The number of phenols is 1. The quantitative estimate of drug-likeness (QED) is 0.444. The van der Waals surface area contributed by atoms with Gasteiger partial charge in [-0.3, -0.25) is 4.90 Å². The van der Waals surface area contributed by atoms with Gasteiger partial charge in [-0.2, -0.15) is 0 Å². The van der Waals surface area contributed by atoms with Gasteiger partial charge in [0, 0.05) is 16.1 Å². The molecule has 0 amide bonds. The summed E-state index contributed by atoms with van der Waals surface area (Å²) < 4.78 is 7.18. The fourth-order valence-electron chi connectivity index (χ4n) is 5.39. The van der Waals surface area contributed by atoms with Gasteiger partial charge in [-0.25, -0.2) is 0 Å². The maximum absolute atomic E-state index is 10.0. The van der Waals surface area contributed by atoms with Crippen molar-refractivity contribution in [1.29, 1.82) is 0 Å². The van der Waals surface area contributed by atoms with E-state index in [9.17, 15) is 10.2 Å². The summed E-state index contributed by atoms with van der Waals surface area (Å²) in [5.74, 6) is 1.77. The first-order valence-corrected chi connectivity index (χ1v) is 13.3. The molecule has 0 unspecified atom stereocenters. The van der Waals surface area contributed by atoms with Crippen molar-refractivity contribution >= 4 is 21.4 Å². The molecule has 2 heterocycles. The van der Waals surface area contributed by atoms with E-state index in [1.165, 1.54) is 53.7 Å². The summed E-state index contributed by atoms with van der Waals surface area (Å²) in [6, 6.07) is 14.3. The first-order valence-electron chi connectivity index (χ1n) is 12.5. The number of piperidine rings is 1. The summed E-state index contributed by atoms with van der Waals surface area (Å²) in [6.07, 6.45) is 8.57. The highest BCUT2D eigenvalue weighted by atomic mass is 32.1. The third kappa shape index (κ3) is 5.53. The van der Waals surface area contributed by atoms with Crippen LogP contribution in [0.1, 0.15) is 66.9 Å². The normalized spacial score (nSPS) is 22.0. The molecule has 1 aliphatic heterocycles. The Balaban J connectivity index is 1.29. The van der Waals surface area contributed by atoms with E-state index in [2.05, 4.69) is 35.2 Å². The molecule has 4 nitrogen and oxygen atoms in total. The molecule has 2 N–H and O–H groups in total. The summed E-state index contributed by atoms with van der Waals surface area (Å²) in [4.78, 5) is 3.94. The highest BCUT2D eigenvalue weighted by Gasteiger charge is 2.26. The number of aliphatic hydroxyl groups is 1. The van der Waals surface area contributed by atoms with Crippen molar-refractivity contribution in [3.05, 3.63) is 58.5 Å². The summed E-state index contributed by atoms with van der Waals surface area (Å²) in [5, 5.41) is 21.2. The number of benzene rings is 2. The molecule has 0 radical (unpaired) electrons. The van der Waals surface area contributed by atoms with Crippen molar-refractivity contribution in [2.24, 2.45) is 0 Å². The average Bonchev–Trinajstić information content (AvgIpc) is 3.18. The Morgan fingerprint density at radius 2 is 1.70 bits per heavy atom. The number of phenolic OH excluding ortho intramolecular Hbond substituents is 1. The number of hydrogen-bond acceptors (Lipinski definition) is 5. The Bertz CT molecular complexity index is 1050. The SMILES string of the molecule is Oc1ccc2c(Cc3ccc(OCCN4CCCCC4)cc3)c(C3CCC(O)CC3)sc2c1. The molecule has 176 valence electrons. The Morgan fingerprint density at radius 3 is 2.45 bits per heavy atom. The smallest absolute Gasteiger partial charge is 0.119 e. The second-order valence-electron chi connectivity index (χ2n) is 9.70. The van der Waals surface area contributed by atoms with Gasteiger partial charge in [0.2, 0.25) is 0 Å². The Morgan fingerprint density at radius 1 is 0.939 bits per heavy atom. The van der Waals surface area contributed by atoms with Crippen LogP contribution in [0, 0.1) is 0 Å². The number of aliphatic hydroxyl groups excluding tert-OH is 1. The topological polar surface area (TPSA) is 52.9 Å². The molecule has 2 fully saturated rings. The average molecular weight is 466 g/mol. The van der Waals surface area contributed by atoms with Crippen LogP contribution < -0.4 is 4.74 Å². The molecule has 5 rings (SSSR count). The van der Waals surface area contributed by atoms with Crippen molar-refractivity contribution in [1.82, 2.24) is 4.90 Å². The first-order chi connectivity index (χ1) is 16.2. The van der Waals surface area contributed by atoms with E-state index in [0.717, 1.165) is 55.7 Å². The third-order valence-corrected chi connectivity index (χ3v) is 8.66. The molecule has 1 saturated carbocycles. The number of hydrogen-bond donors (Lipinski definition) is 2. The largest absolute Gasteiger partial charge is 0.508 e. The lowest BCUT2D eigenvalue weighted by molar-refractivity contribution is 0.123. The highest BCUT2D eigenvalue weighted by molar-refractivity contribution is 7.19. The Hall–Kier alpha value is -2.08. The fourth-order valence-corrected chi connectivity index (χ4v) is 6.82. The second-order valence-corrected chi connectivity index (χ2v) is 10.8. The van der Waals surface area contributed by atoms with Crippen molar-refractivity contribution in [2.45, 2.75) is 63.4 Å². The van der Waals surface area contributed by atoms with Gasteiger partial charge in [0.1, 0.15) is 18.1 Å². The van der Waals surface area contributed by atoms with Crippen LogP contribution in [-0.2, 0) is 6.42 Å². The maximum Gasteiger partial charge on any atom is 0.119 e. The summed E-state index contributed by atoms with van der Waals surface area (Å²) >= 11 is 1.82. The van der Waals surface area contributed by atoms with Crippen LogP contribution in [0.15, 0.2) is 42.5 Å². The molecular formula is C28H35NO3S. The zero-order chi connectivity index (χ0) is 22.6. The van der Waals surface area contributed by atoms with Gasteiger partial charge in [-0.05, 0) is 111 Å². The van der Waals surface area contributed by atoms with E-state index >= 15 is 0 Å². The van der Waals surface area contributed by atoms with Gasteiger partial charge in [0.05, 0.1) is 6.10 Å². The van der Waals surface area contributed by atoms with Crippen LogP contribution in [0.25, 0.3) is 10.1 Å². The molecule has 2 aromatic carbocycles. The van der Waals surface area contributed by atoms with Crippen LogP contribution >= 0.6 is 11.3 Å². The summed E-state index contributed by atoms with van der Waals surface area (Å²) in [7, 11) is 0. The minimum absolute atomic E-state index is 0.148. The van der Waals surface area contributed by atoms with Crippen molar-refractivity contribution in [3.63, 3.8) is 0 Å². The standard InChI is InChI=1S/C28H35NO3S/c30-22-8-6-21(7-9-22)28-26(25-13-10-23(31)19-27(25)33-28)18-20-4-11-24(12-5-20)32-17-16-29-14-2-1-3-15-29/h4-5,10-13,19,21-22,30-31H,1-3,6-9,14-18H2. The van der Waals surface area contributed by atoms with Gasteiger partial charge in [-0.15, -0.1) is 11.3 Å². The fraction of sp³-hybridized carbons (Fsp3) is 0.500. The number of ether oxygens (including phenoxy) is 1. The van der Waals surface area contributed by atoms with Gasteiger partial charge in [0.15, 0.2) is 0 Å². The van der Waals surface area contributed by atoms with Crippen molar-refractivity contribution in [3.8, 4) is 11.5 Å². The lowest BCUT2D eigenvalue weighted by atomic mass is 9.84. The van der Waals surface area contributed by atoms with E-state index in [-0.39, 0.29) is 6.10 Å². The Kier molecular flexibility index (Phi) is 7.19. The number of likely N-dealkylation sites (tertiary alicyclic amines) is 1. The number of thiophene rings is 1. The minimum Gasteiger partial charge on any atom is -0.508 e. The zero-order valence-corrected chi connectivity index (χ0v) is 20.2. The lowest BCUT2D eigenvalue weighted by Crippen LogP contribution is -2.33. The van der Waals surface area contributed by atoms with Gasteiger partial charge < -0.3 is 14.9 Å². The molecule has 5 heteroatoms. The van der Waals surface area contributed by atoms with E-state index in [4.69, 9.17) is 4.74 Å². The molecule has 1 aromatic heterocycles. The third-order valence-electron chi connectivity index (χ3n) is 7.30. The summed E-state index contributed by atoms with van der Waals surface area (Å²) in [6.45, 7) is 4.17. The van der Waals surface area contributed by atoms with E-state index in [1.54, 1.807) is 6.07 Å². The highest BCUT2D eigenvalue weighted by Crippen LogP contribution is 2.44. The number of aromatic hydroxyl groups is 1. The van der Waals surface area contributed by atoms with Crippen molar-refractivity contribution in [2.75, 3.05) is 26.2 Å². The molecule has 3 aromatic rings. The van der Waals surface area contributed by atoms with Gasteiger partial charge >= 0.3 is 0 Å². The predicted octanol–water partition coefficient (Wildman–Crippen LogP) is 6.08. The van der Waals surface area contributed by atoms with Crippen LogP contribution in [0.3, 0.4) is 0 Å². The monoisotopic (exact) mass is 465 g/mol. The van der Waals surface area contributed by atoms with E-state index in [0.29, 0.717) is 11.7 Å². The van der Waals surface area contributed by atoms with Crippen LogP contribution in [0.4, 0.5) is 0 Å². The first kappa shape index (κ1) is 22.7. The molecule has 33 heavy (non-hydrogen) atoms. The molecule has 0 atom stereocenters. The minimum atomic E-state index is -0.148. The maximum atomic E-state index is 10.0. The lowest BCUT2D eigenvalue weighted by Gasteiger charge is -2.26. The zero-order valence-electron chi connectivity index (χ0n) is 19.3. The number of fused-ring (bicyclic) bond motifs is 1. The van der Waals surface area contributed by atoms with Gasteiger partial charge in [0.25, 0.3) is 0 Å². The summed E-state index contributed by atoms with van der Waals surface area (Å²) in [5.41, 5.74) is 2.67. The molecule has 0 bridgehead atoms. The van der Waals surface area contributed by atoms with Crippen molar-refractivity contribution < 1.29 is 14.9 Å². The second kappa shape index (κ2) is 10.5. The van der Waals surface area contributed by atoms with Crippen LogP contribution in [0.2, 0.25) is 0 Å². The molecule has 2 aliphatic rings. The molecule has 1 aliphatic carbocycles. The Labute approximate surface area is 200 Å². The molecule has 1 saturated heterocycles. The number of nitrogens with zero attached hydrogens (tertiary/aromatic N) is 1. The molecule has 0 spiro atoms. The predicted molar refractivity (Wildman–Crippen MR) is 136 cm³/mol. The van der Waals surface area contributed by atoms with Gasteiger partial charge in [-0.1, -0.05) is 18.6 Å². The number of rotatable bonds is 7.